The molecule has 0 amide bonds. The van der Waals surface area contributed by atoms with Crippen LogP contribution in [0.25, 0.3) is 0 Å². The summed E-state index contributed by atoms with van der Waals surface area (Å²) in [6, 6.07) is 12.0. The van der Waals surface area contributed by atoms with Gasteiger partial charge in [0.05, 0.1) is 0 Å². The highest BCUT2D eigenvalue weighted by atomic mass is 15.2. The van der Waals surface area contributed by atoms with Gasteiger partial charge in [-0.3, -0.25) is 4.90 Å². The van der Waals surface area contributed by atoms with Gasteiger partial charge in [0.1, 0.15) is 0 Å². The third-order valence-electron chi connectivity index (χ3n) is 5.63. The summed E-state index contributed by atoms with van der Waals surface area (Å²) in [6.07, 6.45) is 3.66. The monoisotopic (exact) mass is 272 g/mol. The van der Waals surface area contributed by atoms with E-state index in [1.165, 1.54) is 37.9 Å². The molecule has 1 aromatic carbocycles. The summed E-state index contributed by atoms with van der Waals surface area (Å²) in [5.74, 6) is 2.34. The van der Waals surface area contributed by atoms with Gasteiger partial charge < -0.3 is 5.73 Å². The van der Waals surface area contributed by atoms with E-state index in [4.69, 9.17) is 5.73 Å². The highest BCUT2D eigenvalue weighted by Crippen LogP contribution is 2.37. The quantitative estimate of drug-likeness (QED) is 0.895. The van der Waals surface area contributed by atoms with Gasteiger partial charge in [-0.15, -0.1) is 0 Å². The van der Waals surface area contributed by atoms with Crippen molar-refractivity contribution in [2.45, 2.75) is 51.1 Å². The molecule has 2 N–H and O–H groups in total. The predicted octanol–water partition coefficient (Wildman–Crippen LogP) is 3.24. The first-order valence-corrected chi connectivity index (χ1v) is 8.19. The first-order valence-electron chi connectivity index (χ1n) is 8.19. The summed E-state index contributed by atoms with van der Waals surface area (Å²) < 4.78 is 0. The van der Waals surface area contributed by atoms with E-state index in [1.807, 2.05) is 0 Å². The van der Waals surface area contributed by atoms with E-state index in [0.29, 0.717) is 18.0 Å². The third kappa shape index (κ3) is 2.77. The van der Waals surface area contributed by atoms with Crippen LogP contribution in [0.3, 0.4) is 0 Å². The Morgan fingerprint density at radius 1 is 1.00 bits per heavy atom. The van der Waals surface area contributed by atoms with Gasteiger partial charge in [-0.05, 0) is 42.6 Å². The van der Waals surface area contributed by atoms with Crippen molar-refractivity contribution < 1.29 is 0 Å². The number of nitrogens with two attached hydrogens (primary N) is 1. The molecule has 1 aromatic rings. The van der Waals surface area contributed by atoms with Gasteiger partial charge in [-0.1, -0.05) is 44.2 Å². The fourth-order valence-electron chi connectivity index (χ4n) is 4.06. The van der Waals surface area contributed by atoms with Crippen LogP contribution in [0.15, 0.2) is 30.3 Å². The first kappa shape index (κ1) is 14.1. The van der Waals surface area contributed by atoms with Crippen molar-refractivity contribution in [2.75, 3.05) is 13.1 Å². The van der Waals surface area contributed by atoms with Gasteiger partial charge in [0.25, 0.3) is 0 Å². The summed E-state index contributed by atoms with van der Waals surface area (Å²) >= 11 is 0. The molecule has 2 heteroatoms. The highest BCUT2D eigenvalue weighted by molar-refractivity contribution is 5.21. The molecular formula is C18H28N2. The average molecular weight is 272 g/mol. The molecule has 110 valence electrons. The molecule has 3 rings (SSSR count). The SMILES string of the molecule is CC1CN(C2CC(c3ccccc3)CCC2N)CC1C. The van der Waals surface area contributed by atoms with Crippen LogP contribution in [0, 0.1) is 11.8 Å². The van der Waals surface area contributed by atoms with Crippen LogP contribution >= 0.6 is 0 Å². The average Bonchev–Trinajstić information content (AvgIpc) is 2.80. The van der Waals surface area contributed by atoms with Gasteiger partial charge >= 0.3 is 0 Å². The fraction of sp³-hybridized carbons (Fsp3) is 0.667. The molecule has 1 heterocycles. The molecule has 2 nitrogen and oxygen atoms in total. The summed E-state index contributed by atoms with van der Waals surface area (Å²) in [6.45, 7) is 7.24. The number of nitrogens with zero attached hydrogens (tertiary/aromatic N) is 1. The van der Waals surface area contributed by atoms with Crippen molar-refractivity contribution >= 4 is 0 Å². The van der Waals surface area contributed by atoms with Crippen molar-refractivity contribution in [3.8, 4) is 0 Å². The second-order valence-electron chi connectivity index (χ2n) is 7.06. The minimum absolute atomic E-state index is 0.368. The van der Waals surface area contributed by atoms with Crippen LogP contribution in [0.2, 0.25) is 0 Å². The number of rotatable bonds is 2. The maximum Gasteiger partial charge on any atom is 0.0253 e. The van der Waals surface area contributed by atoms with Gasteiger partial charge in [0.2, 0.25) is 0 Å². The highest BCUT2D eigenvalue weighted by Gasteiger charge is 2.37. The maximum atomic E-state index is 6.45. The number of benzene rings is 1. The van der Waals surface area contributed by atoms with E-state index < -0.39 is 0 Å². The van der Waals surface area contributed by atoms with Gasteiger partial charge in [-0.25, -0.2) is 0 Å². The Balaban J connectivity index is 1.71. The number of likely N-dealkylation sites (tertiary alicyclic amines) is 1. The minimum atomic E-state index is 0.368. The zero-order chi connectivity index (χ0) is 14.1. The van der Waals surface area contributed by atoms with Gasteiger partial charge in [0, 0.05) is 25.2 Å². The predicted molar refractivity (Wildman–Crippen MR) is 84.7 cm³/mol. The zero-order valence-electron chi connectivity index (χ0n) is 12.8. The Hall–Kier alpha value is -0.860. The lowest BCUT2D eigenvalue weighted by Gasteiger charge is -2.40. The van der Waals surface area contributed by atoms with E-state index in [1.54, 1.807) is 0 Å². The molecule has 5 atom stereocenters. The van der Waals surface area contributed by atoms with Crippen molar-refractivity contribution in [2.24, 2.45) is 17.6 Å². The lowest BCUT2D eigenvalue weighted by Crippen LogP contribution is -2.50. The van der Waals surface area contributed by atoms with Gasteiger partial charge in [-0.2, -0.15) is 0 Å². The molecular weight excluding hydrogens is 244 g/mol. The van der Waals surface area contributed by atoms with Crippen molar-refractivity contribution in [3.63, 3.8) is 0 Å². The van der Waals surface area contributed by atoms with E-state index in [-0.39, 0.29) is 0 Å². The molecule has 20 heavy (non-hydrogen) atoms. The topological polar surface area (TPSA) is 29.3 Å². The zero-order valence-corrected chi connectivity index (χ0v) is 12.8. The lowest BCUT2D eigenvalue weighted by molar-refractivity contribution is 0.150. The Labute approximate surface area is 123 Å². The summed E-state index contributed by atoms with van der Waals surface area (Å²) in [4.78, 5) is 2.68. The molecule has 1 aliphatic carbocycles. The molecule has 0 aromatic heterocycles. The molecule has 0 bridgehead atoms. The molecule has 0 radical (unpaired) electrons. The molecule has 5 unspecified atom stereocenters. The normalized spacial score (nSPS) is 39.0. The van der Waals surface area contributed by atoms with Crippen LogP contribution < -0.4 is 5.73 Å². The van der Waals surface area contributed by atoms with Crippen molar-refractivity contribution in [1.82, 2.24) is 4.90 Å². The Bertz CT molecular complexity index is 420. The van der Waals surface area contributed by atoms with Crippen molar-refractivity contribution in [1.29, 1.82) is 0 Å². The summed E-state index contributed by atoms with van der Waals surface area (Å²) in [5.41, 5.74) is 7.95. The largest absolute Gasteiger partial charge is 0.326 e. The van der Waals surface area contributed by atoms with E-state index in [9.17, 15) is 0 Å². The Kier molecular flexibility index (Phi) is 4.13. The number of hydrogen-bond acceptors (Lipinski definition) is 2. The fourth-order valence-corrected chi connectivity index (χ4v) is 4.06. The maximum absolute atomic E-state index is 6.45. The molecule has 1 saturated heterocycles. The van der Waals surface area contributed by atoms with Crippen molar-refractivity contribution in [3.05, 3.63) is 35.9 Å². The van der Waals surface area contributed by atoms with Crippen LogP contribution in [0.4, 0.5) is 0 Å². The Morgan fingerprint density at radius 2 is 1.65 bits per heavy atom. The lowest BCUT2D eigenvalue weighted by atomic mass is 9.78. The second-order valence-corrected chi connectivity index (χ2v) is 7.06. The smallest absolute Gasteiger partial charge is 0.0253 e. The molecule has 2 fully saturated rings. The standard InChI is InChI=1S/C18H28N2/c1-13-11-20(12-14(13)2)18-10-16(8-9-17(18)19)15-6-4-3-5-7-15/h3-7,13-14,16-18H,8-12,19H2,1-2H3. The minimum Gasteiger partial charge on any atom is -0.326 e. The summed E-state index contributed by atoms with van der Waals surface area (Å²) in [5, 5.41) is 0. The summed E-state index contributed by atoms with van der Waals surface area (Å²) in [7, 11) is 0. The van der Waals surface area contributed by atoms with Gasteiger partial charge in [0.15, 0.2) is 0 Å². The second kappa shape index (κ2) is 5.87. The third-order valence-corrected chi connectivity index (χ3v) is 5.63. The van der Waals surface area contributed by atoms with Crippen LogP contribution in [0.1, 0.15) is 44.6 Å². The van der Waals surface area contributed by atoms with E-state index in [0.717, 1.165) is 11.8 Å². The van der Waals surface area contributed by atoms with E-state index >= 15 is 0 Å². The first-order chi connectivity index (χ1) is 9.65. The Morgan fingerprint density at radius 3 is 2.30 bits per heavy atom. The molecule has 1 saturated carbocycles. The molecule has 2 aliphatic rings. The van der Waals surface area contributed by atoms with Crippen LogP contribution in [-0.2, 0) is 0 Å². The van der Waals surface area contributed by atoms with Crippen LogP contribution in [-0.4, -0.2) is 30.1 Å². The van der Waals surface area contributed by atoms with E-state index in [2.05, 4.69) is 49.1 Å². The van der Waals surface area contributed by atoms with Crippen LogP contribution in [0.5, 0.6) is 0 Å². The molecule has 1 aliphatic heterocycles. The molecule has 0 spiro atoms. The number of hydrogen-bond donors (Lipinski definition) is 1.